The van der Waals surface area contributed by atoms with Crippen LogP contribution < -0.4 is 0 Å². The number of aromatic carboxylic acids is 1. The van der Waals surface area contributed by atoms with Gasteiger partial charge in [0, 0.05) is 13.6 Å². The molecule has 1 aromatic heterocycles. The van der Waals surface area contributed by atoms with Crippen LogP contribution in [0.2, 0.25) is 0 Å². The normalized spacial score (nSPS) is 10.2. The molecule has 1 amide bonds. The van der Waals surface area contributed by atoms with Crippen LogP contribution in [0.25, 0.3) is 0 Å². The molecular weight excluding hydrogens is 258 g/mol. The summed E-state index contributed by atoms with van der Waals surface area (Å²) in [6, 6.07) is 6.80. The van der Waals surface area contributed by atoms with Crippen molar-refractivity contribution in [3.63, 3.8) is 0 Å². The monoisotopic (exact) mass is 273 g/mol. The number of rotatable bonds is 5. The Morgan fingerprint density at radius 1 is 1.35 bits per heavy atom. The Balaban J connectivity index is 2.02. The van der Waals surface area contributed by atoms with Crippen molar-refractivity contribution >= 4 is 11.9 Å². The molecule has 0 unspecified atom stereocenters. The van der Waals surface area contributed by atoms with E-state index in [9.17, 15) is 9.59 Å². The number of hydrogen-bond donors (Lipinski definition) is 2. The first-order chi connectivity index (χ1) is 9.59. The molecule has 0 saturated heterocycles. The molecule has 104 valence electrons. The molecule has 0 aliphatic rings. The fourth-order valence-electron chi connectivity index (χ4n) is 1.92. The van der Waals surface area contributed by atoms with Crippen LogP contribution in [0.5, 0.6) is 0 Å². The molecule has 2 rings (SSSR count). The van der Waals surface area contributed by atoms with Crippen molar-refractivity contribution in [3.05, 3.63) is 53.6 Å². The van der Waals surface area contributed by atoms with Crippen LogP contribution in [0.15, 0.2) is 36.8 Å². The maximum Gasteiger partial charge on any atom is 0.335 e. The van der Waals surface area contributed by atoms with Gasteiger partial charge in [0.2, 0.25) is 0 Å². The highest BCUT2D eigenvalue weighted by Gasteiger charge is 2.14. The summed E-state index contributed by atoms with van der Waals surface area (Å²) in [5, 5.41) is 9.10. The second kappa shape index (κ2) is 6.01. The van der Waals surface area contributed by atoms with Crippen LogP contribution in [0.4, 0.5) is 0 Å². The summed E-state index contributed by atoms with van der Waals surface area (Å²) in [6.45, 7) is 0.433. The predicted octanol–water partition coefficient (Wildman–Crippen LogP) is 1.42. The molecule has 2 N–H and O–H groups in total. The summed E-state index contributed by atoms with van der Waals surface area (Å²) in [6.07, 6.45) is 3.39. The number of carbonyl (C=O) groups is 2. The van der Waals surface area contributed by atoms with E-state index in [1.54, 1.807) is 31.3 Å². The number of carboxylic acid groups (broad SMARTS) is 1. The van der Waals surface area contributed by atoms with Crippen molar-refractivity contribution in [1.82, 2.24) is 14.9 Å². The molecule has 0 aliphatic carbocycles. The van der Waals surface area contributed by atoms with Gasteiger partial charge in [0.05, 0.1) is 18.1 Å². The van der Waals surface area contributed by atoms with E-state index in [-0.39, 0.29) is 11.5 Å². The lowest BCUT2D eigenvalue weighted by molar-refractivity contribution is 0.0695. The molecule has 0 fully saturated rings. The number of imidazole rings is 1. The highest BCUT2D eigenvalue weighted by atomic mass is 16.4. The maximum atomic E-state index is 12.0. The van der Waals surface area contributed by atoms with Crippen LogP contribution in [-0.2, 0) is 6.42 Å². The molecule has 6 heteroatoms. The summed E-state index contributed by atoms with van der Waals surface area (Å²) in [4.78, 5) is 31.2. The number of carboxylic acids is 1. The average molecular weight is 273 g/mol. The quantitative estimate of drug-likeness (QED) is 0.862. The van der Waals surface area contributed by atoms with Gasteiger partial charge in [-0.05, 0) is 18.1 Å². The molecule has 0 saturated carbocycles. The summed E-state index contributed by atoms with van der Waals surface area (Å²) in [5.41, 5.74) is 1.40. The highest BCUT2D eigenvalue weighted by Crippen LogP contribution is 2.10. The topological polar surface area (TPSA) is 86.3 Å². The molecule has 2 aromatic rings. The standard InChI is InChI=1S/C14H15N3O3/c1-17(13(18)12-8-15-9-16-12)7-6-10-4-2-3-5-11(10)14(19)20/h2-5,8-9H,6-7H2,1H3,(H,15,16)(H,19,20). The maximum absolute atomic E-state index is 12.0. The lowest BCUT2D eigenvalue weighted by Crippen LogP contribution is -2.29. The number of aromatic amines is 1. The van der Waals surface area contributed by atoms with Crippen LogP contribution in [0, 0.1) is 0 Å². The summed E-state index contributed by atoms with van der Waals surface area (Å²) in [7, 11) is 1.67. The minimum atomic E-state index is -0.955. The summed E-state index contributed by atoms with van der Waals surface area (Å²) < 4.78 is 0. The van der Waals surface area contributed by atoms with E-state index in [1.165, 1.54) is 17.4 Å². The van der Waals surface area contributed by atoms with Gasteiger partial charge in [-0.2, -0.15) is 0 Å². The zero-order chi connectivity index (χ0) is 14.5. The van der Waals surface area contributed by atoms with Gasteiger partial charge in [0.1, 0.15) is 5.69 Å². The Labute approximate surface area is 116 Å². The number of nitrogens with one attached hydrogen (secondary N) is 1. The van der Waals surface area contributed by atoms with E-state index >= 15 is 0 Å². The molecule has 0 spiro atoms. The number of nitrogens with zero attached hydrogens (tertiary/aromatic N) is 2. The number of aromatic nitrogens is 2. The lowest BCUT2D eigenvalue weighted by Gasteiger charge is -2.16. The van der Waals surface area contributed by atoms with Crippen LogP contribution in [-0.4, -0.2) is 45.4 Å². The largest absolute Gasteiger partial charge is 0.478 e. The molecule has 1 aromatic carbocycles. The minimum Gasteiger partial charge on any atom is -0.478 e. The number of amides is 1. The van der Waals surface area contributed by atoms with E-state index < -0.39 is 5.97 Å². The van der Waals surface area contributed by atoms with Crippen molar-refractivity contribution < 1.29 is 14.7 Å². The van der Waals surface area contributed by atoms with Gasteiger partial charge in [-0.3, -0.25) is 4.79 Å². The van der Waals surface area contributed by atoms with Crippen LogP contribution in [0.3, 0.4) is 0 Å². The molecule has 0 radical (unpaired) electrons. The summed E-state index contributed by atoms with van der Waals surface area (Å²) >= 11 is 0. The Morgan fingerprint density at radius 2 is 2.10 bits per heavy atom. The van der Waals surface area contributed by atoms with E-state index in [1.807, 2.05) is 0 Å². The van der Waals surface area contributed by atoms with Gasteiger partial charge < -0.3 is 15.0 Å². The fraction of sp³-hybridized carbons (Fsp3) is 0.214. The van der Waals surface area contributed by atoms with Gasteiger partial charge in [-0.25, -0.2) is 9.78 Å². The van der Waals surface area contributed by atoms with Gasteiger partial charge in [-0.1, -0.05) is 18.2 Å². The number of benzene rings is 1. The van der Waals surface area contributed by atoms with Gasteiger partial charge in [0.15, 0.2) is 0 Å². The van der Waals surface area contributed by atoms with Crippen molar-refractivity contribution in [2.24, 2.45) is 0 Å². The van der Waals surface area contributed by atoms with E-state index in [2.05, 4.69) is 9.97 Å². The van der Waals surface area contributed by atoms with Gasteiger partial charge in [0.25, 0.3) is 5.91 Å². The first kappa shape index (κ1) is 13.8. The molecular formula is C14H15N3O3. The smallest absolute Gasteiger partial charge is 0.335 e. The molecule has 0 aliphatic heterocycles. The first-order valence-corrected chi connectivity index (χ1v) is 6.14. The first-order valence-electron chi connectivity index (χ1n) is 6.14. The second-order valence-electron chi connectivity index (χ2n) is 4.40. The zero-order valence-electron chi connectivity index (χ0n) is 11.0. The highest BCUT2D eigenvalue weighted by molar-refractivity contribution is 5.92. The fourth-order valence-corrected chi connectivity index (χ4v) is 1.92. The molecule has 0 atom stereocenters. The molecule has 0 bridgehead atoms. The summed E-state index contributed by atoms with van der Waals surface area (Å²) in [5.74, 6) is -1.13. The van der Waals surface area contributed by atoms with Crippen LogP contribution >= 0.6 is 0 Å². The molecule has 1 heterocycles. The Hall–Kier alpha value is -2.63. The van der Waals surface area contributed by atoms with Crippen molar-refractivity contribution in [2.75, 3.05) is 13.6 Å². The third-order valence-electron chi connectivity index (χ3n) is 3.04. The van der Waals surface area contributed by atoms with Gasteiger partial charge >= 0.3 is 5.97 Å². The van der Waals surface area contributed by atoms with Gasteiger partial charge in [-0.15, -0.1) is 0 Å². The third-order valence-corrected chi connectivity index (χ3v) is 3.04. The van der Waals surface area contributed by atoms with Crippen molar-refractivity contribution in [2.45, 2.75) is 6.42 Å². The minimum absolute atomic E-state index is 0.171. The number of carbonyl (C=O) groups excluding carboxylic acids is 1. The second-order valence-corrected chi connectivity index (χ2v) is 4.40. The van der Waals surface area contributed by atoms with E-state index in [0.717, 1.165) is 0 Å². The lowest BCUT2D eigenvalue weighted by atomic mass is 10.0. The molecule has 20 heavy (non-hydrogen) atoms. The zero-order valence-corrected chi connectivity index (χ0v) is 11.0. The van der Waals surface area contributed by atoms with E-state index in [4.69, 9.17) is 5.11 Å². The van der Waals surface area contributed by atoms with Crippen molar-refractivity contribution in [3.8, 4) is 0 Å². The average Bonchev–Trinajstić information content (AvgIpc) is 2.98. The Morgan fingerprint density at radius 3 is 2.75 bits per heavy atom. The van der Waals surface area contributed by atoms with Crippen LogP contribution in [0.1, 0.15) is 26.4 Å². The number of likely N-dealkylation sites (N-methyl/N-ethyl adjacent to an activating group) is 1. The Kier molecular flexibility index (Phi) is 4.14. The Bertz CT molecular complexity index is 608. The SMILES string of the molecule is CN(CCc1ccccc1C(=O)O)C(=O)c1cnc[nH]1. The van der Waals surface area contributed by atoms with Crippen molar-refractivity contribution in [1.29, 1.82) is 0 Å². The predicted molar refractivity (Wildman–Crippen MR) is 72.7 cm³/mol. The van der Waals surface area contributed by atoms with E-state index in [0.29, 0.717) is 24.2 Å². The molecule has 6 nitrogen and oxygen atoms in total. The number of hydrogen-bond acceptors (Lipinski definition) is 3. The number of H-pyrrole nitrogens is 1. The third kappa shape index (κ3) is 3.03.